The molecule has 0 aromatic carbocycles. The second kappa shape index (κ2) is 13.9. The van der Waals surface area contributed by atoms with Crippen LogP contribution in [0.5, 0.6) is 0 Å². The van der Waals surface area contributed by atoms with Gasteiger partial charge in [-0.2, -0.15) is 0 Å². The Morgan fingerprint density at radius 2 is 1.71 bits per heavy atom. The zero-order chi connectivity index (χ0) is 18.4. The highest BCUT2D eigenvalue weighted by Crippen LogP contribution is 2.20. The van der Waals surface area contributed by atoms with E-state index in [-0.39, 0.29) is 19.3 Å². The zero-order valence-electron chi connectivity index (χ0n) is 14.8. The topological polar surface area (TPSA) is 97.4 Å². The predicted molar refractivity (Wildman–Crippen MR) is 84.2 cm³/mol. The largest absolute Gasteiger partial charge is 0.458 e. The van der Waals surface area contributed by atoms with Gasteiger partial charge in [-0.1, -0.05) is 6.92 Å². The molecule has 8 nitrogen and oxygen atoms in total. The Kier molecular flexibility index (Phi) is 13.0. The monoisotopic (exact) mass is 348 g/mol. The minimum absolute atomic E-state index is 0.00334. The molecule has 2 unspecified atom stereocenters. The molecule has 0 saturated carbocycles. The first kappa shape index (κ1) is 22.5. The fourth-order valence-electron chi connectivity index (χ4n) is 2.08. The van der Waals surface area contributed by atoms with Crippen LogP contribution in [0.3, 0.4) is 0 Å². The molecule has 0 radical (unpaired) electrons. The summed E-state index contributed by atoms with van der Waals surface area (Å²) in [6.45, 7) is 5.19. The molecule has 0 aromatic rings. The Bertz CT molecular complexity index is 371. The molecule has 0 aliphatic carbocycles. The molecule has 3 atom stereocenters. The number of hydrogen-bond acceptors (Lipinski definition) is 8. The number of methoxy groups -OCH3 is 1. The summed E-state index contributed by atoms with van der Waals surface area (Å²) in [5, 5.41) is 0. The molecule has 0 aliphatic rings. The molecule has 0 bridgehead atoms. The van der Waals surface area contributed by atoms with Gasteiger partial charge in [-0.3, -0.25) is 9.59 Å². The molecular weight excluding hydrogens is 320 g/mol. The van der Waals surface area contributed by atoms with Crippen molar-refractivity contribution in [3.05, 3.63) is 0 Å². The molecule has 0 spiro atoms. The van der Waals surface area contributed by atoms with Crippen LogP contribution in [0.4, 0.5) is 0 Å². The Balaban J connectivity index is 4.71. The molecule has 0 amide bonds. The van der Waals surface area contributed by atoms with Crippen LogP contribution in [0.15, 0.2) is 0 Å². The fourth-order valence-corrected chi connectivity index (χ4v) is 2.08. The Hall–Kier alpha value is -1.51. The number of esters is 2. The summed E-state index contributed by atoms with van der Waals surface area (Å²) in [6.07, 6.45) is 0.142. The lowest BCUT2D eigenvalue weighted by Crippen LogP contribution is -2.42. The van der Waals surface area contributed by atoms with Gasteiger partial charge in [0.15, 0.2) is 6.10 Å². The molecule has 0 rings (SSSR count). The average Bonchev–Trinajstić information content (AvgIpc) is 2.52. The van der Waals surface area contributed by atoms with Gasteiger partial charge in [0, 0.05) is 27.4 Å². The highest BCUT2D eigenvalue weighted by atomic mass is 16.7. The number of ether oxygens (including phenoxy) is 5. The van der Waals surface area contributed by atoms with Crippen LogP contribution < -0.4 is 0 Å². The first-order chi connectivity index (χ1) is 11.4. The molecule has 0 N–H and O–H groups in total. The summed E-state index contributed by atoms with van der Waals surface area (Å²) in [5.74, 6) is -1.18. The van der Waals surface area contributed by atoms with Gasteiger partial charge < -0.3 is 28.5 Å². The van der Waals surface area contributed by atoms with Crippen LogP contribution in [0.25, 0.3) is 0 Å². The molecule has 0 fully saturated rings. The van der Waals surface area contributed by atoms with Crippen molar-refractivity contribution in [2.75, 3.05) is 33.7 Å². The minimum Gasteiger partial charge on any atom is -0.458 e. The quantitative estimate of drug-likeness (QED) is 0.199. The first-order valence-electron chi connectivity index (χ1n) is 7.84. The van der Waals surface area contributed by atoms with Gasteiger partial charge in [-0.05, 0) is 12.3 Å². The van der Waals surface area contributed by atoms with Crippen molar-refractivity contribution in [1.29, 1.82) is 0 Å². The van der Waals surface area contributed by atoms with Crippen LogP contribution in [-0.4, -0.2) is 64.2 Å². The maximum atomic E-state index is 11.4. The highest BCUT2D eigenvalue weighted by Gasteiger charge is 2.32. The predicted octanol–water partition coefficient (Wildman–Crippen LogP) is 1.10. The van der Waals surface area contributed by atoms with Crippen molar-refractivity contribution in [3.8, 4) is 0 Å². The molecule has 140 valence electrons. The Labute approximate surface area is 142 Å². The van der Waals surface area contributed by atoms with Crippen molar-refractivity contribution in [2.45, 2.75) is 45.8 Å². The van der Waals surface area contributed by atoms with Crippen LogP contribution in [0.2, 0.25) is 0 Å². The van der Waals surface area contributed by atoms with E-state index in [0.29, 0.717) is 26.1 Å². The van der Waals surface area contributed by atoms with E-state index >= 15 is 0 Å². The van der Waals surface area contributed by atoms with Crippen LogP contribution in [0.1, 0.15) is 33.6 Å². The zero-order valence-corrected chi connectivity index (χ0v) is 14.8. The lowest BCUT2D eigenvalue weighted by atomic mass is 9.95. The normalized spacial score (nSPS) is 14.5. The number of carbonyl (C=O) groups excluding carboxylic acids is 3. The summed E-state index contributed by atoms with van der Waals surface area (Å²) < 4.78 is 25.9. The Morgan fingerprint density at radius 1 is 1.04 bits per heavy atom. The Morgan fingerprint density at radius 3 is 2.25 bits per heavy atom. The maximum Gasteiger partial charge on any atom is 0.303 e. The molecule has 0 heterocycles. The van der Waals surface area contributed by atoms with Gasteiger partial charge in [-0.15, -0.1) is 0 Å². The van der Waals surface area contributed by atoms with Crippen LogP contribution >= 0.6 is 0 Å². The minimum atomic E-state index is -0.779. The number of aldehydes is 1. The van der Waals surface area contributed by atoms with E-state index < -0.39 is 24.1 Å². The second-order valence-electron chi connectivity index (χ2n) is 5.33. The van der Waals surface area contributed by atoms with Gasteiger partial charge in [-0.25, -0.2) is 0 Å². The van der Waals surface area contributed by atoms with Crippen molar-refractivity contribution < 1.29 is 38.1 Å². The van der Waals surface area contributed by atoms with E-state index in [2.05, 4.69) is 0 Å². The van der Waals surface area contributed by atoms with E-state index in [9.17, 15) is 14.4 Å². The van der Waals surface area contributed by atoms with Crippen molar-refractivity contribution in [3.63, 3.8) is 0 Å². The summed E-state index contributed by atoms with van der Waals surface area (Å²) in [6, 6.07) is 0. The van der Waals surface area contributed by atoms with Crippen molar-refractivity contribution in [2.24, 2.45) is 5.92 Å². The molecular formula is C16H28O8. The number of carbonyl (C=O) groups is 3. The maximum absolute atomic E-state index is 11.4. The summed E-state index contributed by atoms with van der Waals surface area (Å²) >= 11 is 0. The van der Waals surface area contributed by atoms with Crippen molar-refractivity contribution in [1.82, 2.24) is 0 Å². The summed E-state index contributed by atoms with van der Waals surface area (Å²) in [7, 11) is 1.56. The lowest BCUT2D eigenvalue weighted by Gasteiger charge is -2.30. The third-order valence-corrected chi connectivity index (χ3v) is 3.17. The number of hydrogen-bond donors (Lipinski definition) is 0. The SMILES string of the molecule is COCCOCOCC(OC(C)=O)C(OC(C)=O)[C@@H](C)CCC=O. The van der Waals surface area contributed by atoms with Gasteiger partial charge >= 0.3 is 11.9 Å². The second-order valence-corrected chi connectivity index (χ2v) is 5.33. The third-order valence-electron chi connectivity index (χ3n) is 3.17. The van der Waals surface area contributed by atoms with Crippen LogP contribution in [-0.2, 0) is 38.1 Å². The van der Waals surface area contributed by atoms with E-state index in [1.54, 1.807) is 7.11 Å². The first-order valence-corrected chi connectivity index (χ1v) is 7.84. The van der Waals surface area contributed by atoms with Gasteiger partial charge in [0.2, 0.25) is 0 Å². The fraction of sp³-hybridized carbons (Fsp3) is 0.812. The summed E-state index contributed by atoms with van der Waals surface area (Å²) in [4.78, 5) is 33.2. The van der Waals surface area contributed by atoms with Crippen LogP contribution in [0, 0.1) is 5.92 Å². The van der Waals surface area contributed by atoms with Gasteiger partial charge in [0.25, 0.3) is 0 Å². The van der Waals surface area contributed by atoms with Gasteiger partial charge in [0.1, 0.15) is 19.2 Å². The van der Waals surface area contributed by atoms with E-state index in [4.69, 9.17) is 23.7 Å². The van der Waals surface area contributed by atoms with Crippen molar-refractivity contribution >= 4 is 18.2 Å². The molecule has 24 heavy (non-hydrogen) atoms. The molecule has 0 saturated heterocycles. The van der Waals surface area contributed by atoms with E-state index in [1.165, 1.54) is 13.8 Å². The average molecular weight is 348 g/mol. The third kappa shape index (κ3) is 11.1. The molecule has 0 aromatic heterocycles. The molecule has 8 heteroatoms. The number of rotatable bonds is 14. The molecule has 0 aliphatic heterocycles. The summed E-state index contributed by atoms with van der Waals surface area (Å²) in [5.41, 5.74) is 0. The van der Waals surface area contributed by atoms with Gasteiger partial charge in [0.05, 0.1) is 19.8 Å². The lowest BCUT2D eigenvalue weighted by molar-refractivity contribution is -0.180. The van der Waals surface area contributed by atoms with E-state index in [1.807, 2.05) is 6.92 Å². The van der Waals surface area contributed by atoms with E-state index in [0.717, 1.165) is 6.29 Å². The standard InChI is InChI=1S/C16H28O8/c1-12(6-5-7-17)16(24-14(3)19)15(23-13(2)18)10-22-11-21-9-8-20-4/h7,12,15-16H,5-6,8-11H2,1-4H3/t12-,15?,16?/m0/s1. The highest BCUT2D eigenvalue weighted by molar-refractivity contribution is 5.67. The smallest absolute Gasteiger partial charge is 0.303 e.